The molecule has 0 bridgehead atoms. The van der Waals surface area contributed by atoms with Gasteiger partial charge < -0.3 is 19.5 Å². The minimum Gasteiger partial charge on any atom is -0.376 e. The summed E-state index contributed by atoms with van der Waals surface area (Å²) in [7, 11) is 1.72. The molecule has 12 rings (SSSR count). The first-order valence-corrected chi connectivity index (χ1v) is 23.7. The van der Waals surface area contributed by atoms with Crippen molar-refractivity contribution in [2.45, 2.75) is 102 Å². The Morgan fingerprint density at radius 3 is 2.39 bits per heavy atom. The zero-order valence-electron chi connectivity index (χ0n) is 39.6. The summed E-state index contributed by atoms with van der Waals surface area (Å²) in [6.07, 6.45) is 8.29. The number of nitrogens with one attached hydrogen (secondary N) is 2. The number of hydrogen-bond acceptors (Lipinski definition) is 9. The highest BCUT2D eigenvalue weighted by Crippen LogP contribution is 2.56. The Morgan fingerprint density at radius 1 is 0.942 bits per heavy atom. The van der Waals surface area contributed by atoms with Crippen molar-refractivity contribution in [3.8, 4) is 17.2 Å². The van der Waals surface area contributed by atoms with Gasteiger partial charge in [-0.05, 0) is 144 Å². The van der Waals surface area contributed by atoms with Gasteiger partial charge in [0.25, 0.3) is 5.91 Å². The topological polar surface area (TPSA) is 168 Å². The highest BCUT2D eigenvalue weighted by molar-refractivity contribution is 6.00. The average molecular weight is 938 g/mol. The van der Waals surface area contributed by atoms with Crippen LogP contribution in [0.25, 0.3) is 39.0 Å². The lowest BCUT2D eigenvalue weighted by atomic mass is 9.83. The molecule has 1 spiro atoms. The Morgan fingerprint density at radius 2 is 1.70 bits per heavy atom. The Balaban J connectivity index is 1.05. The maximum atomic E-state index is 16.3. The summed E-state index contributed by atoms with van der Waals surface area (Å²) >= 11 is 0. The highest BCUT2D eigenvalue weighted by atomic mass is 19.1. The number of carbonyl (C=O) groups excluding carboxylic acids is 1. The number of nitrogens with zero attached hydrogens (tertiary/aromatic N) is 9. The zero-order chi connectivity index (χ0) is 48.1. The monoisotopic (exact) mass is 937 g/mol. The highest BCUT2D eigenvalue weighted by Gasteiger charge is 2.60. The minimum atomic E-state index is -0.882. The minimum absolute atomic E-state index is 0.0170. The fourth-order valence-corrected chi connectivity index (χ4v) is 12.1. The molecule has 8 heterocycles. The zero-order valence-corrected chi connectivity index (χ0v) is 39.6. The van der Waals surface area contributed by atoms with Gasteiger partial charge in [-0.25, -0.2) is 23.1 Å². The smallest absolute Gasteiger partial charge is 0.376 e. The number of imidazole rings is 1. The van der Waals surface area contributed by atoms with Crippen molar-refractivity contribution < 1.29 is 22.8 Å². The van der Waals surface area contributed by atoms with Crippen LogP contribution >= 0.6 is 0 Å². The van der Waals surface area contributed by atoms with Crippen LogP contribution < -0.4 is 16.8 Å². The molecule has 356 valence electrons. The van der Waals surface area contributed by atoms with Gasteiger partial charge in [-0.2, -0.15) is 10.2 Å². The maximum Gasteiger partial charge on any atom is 0.438 e. The molecule has 3 fully saturated rings. The predicted octanol–water partition coefficient (Wildman–Crippen LogP) is 7.48. The first kappa shape index (κ1) is 43.4. The molecule has 0 radical (unpaired) electrons. The van der Waals surface area contributed by atoms with E-state index in [1.807, 2.05) is 22.5 Å². The number of amides is 1. The summed E-state index contributed by atoms with van der Waals surface area (Å²) in [6, 6.07) is 14.3. The van der Waals surface area contributed by atoms with E-state index in [4.69, 9.17) is 14.4 Å². The van der Waals surface area contributed by atoms with Gasteiger partial charge in [0.2, 0.25) is 0 Å². The Labute approximate surface area is 394 Å². The summed E-state index contributed by atoms with van der Waals surface area (Å²) < 4.78 is 50.8. The van der Waals surface area contributed by atoms with E-state index in [2.05, 4.69) is 59.5 Å². The van der Waals surface area contributed by atoms with Crippen LogP contribution in [-0.4, -0.2) is 79.5 Å². The van der Waals surface area contributed by atoms with Gasteiger partial charge in [0, 0.05) is 49.1 Å². The normalized spacial score (nSPS) is 24.2. The lowest BCUT2D eigenvalue weighted by molar-refractivity contribution is -0.0592. The van der Waals surface area contributed by atoms with E-state index in [1.54, 1.807) is 60.7 Å². The van der Waals surface area contributed by atoms with E-state index in [0.29, 0.717) is 76.9 Å². The molecular weight excluding hydrogens is 885 g/mol. The number of fused-ring (bicyclic) bond motifs is 4. The number of aromatic amines is 1. The molecule has 16 nitrogen and oxygen atoms in total. The largest absolute Gasteiger partial charge is 0.438 e. The molecule has 1 amide bonds. The second kappa shape index (κ2) is 15.0. The summed E-state index contributed by atoms with van der Waals surface area (Å²) in [6.45, 7) is 13.2. The van der Waals surface area contributed by atoms with E-state index in [0.717, 1.165) is 35.7 Å². The average Bonchev–Trinajstić information content (AvgIpc) is 4.08. The van der Waals surface area contributed by atoms with E-state index in [9.17, 15) is 9.59 Å². The number of rotatable bonds is 7. The SMILES string of the molecule is Cc1cc(-n2nc3c(c2-n2ccn(-c4ccc5c(cnn5C)c4F)c2=O)[C@H](C)N(C(=O)c2cc4cc([C@H]5CCOC(C)(C)C5)ccc4n2[C@@]2(c4noc(=O)[nH]4)C[C@@H]2C)CC32CCCN2)cc(C)c1F. The van der Waals surface area contributed by atoms with E-state index >= 15 is 13.6 Å². The fraction of sp³-hybridized carbons (Fsp3) is 0.412. The van der Waals surface area contributed by atoms with Crippen molar-refractivity contribution in [3.63, 3.8) is 0 Å². The van der Waals surface area contributed by atoms with Gasteiger partial charge in [-0.1, -0.05) is 18.1 Å². The van der Waals surface area contributed by atoms with Crippen LogP contribution in [0.3, 0.4) is 0 Å². The van der Waals surface area contributed by atoms with E-state index in [1.165, 1.54) is 21.5 Å². The molecule has 3 aliphatic heterocycles. The molecule has 1 saturated carbocycles. The first-order valence-electron chi connectivity index (χ1n) is 23.7. The van der Waals surface area contributed by atoms with Crippen molar-refractivity contribution in [3.05, 3.63) is 139 Å². The summed E-state index contributed by atoms with van der Waals surface area (Å²) in [4.78, 5) is 48.3. The molecule has 18 heteroatoms. The van der Waals surface area contributed by atoms with Crippen LogP contribution in [0, 0.1) is 31.4 Å². The number of H-pyrrole nitrogens is 1. The van der Waals surface area contributed by atoms with E-state index < -0.39 is 34.4 Å². The third kappa shape index (κ3) is 6.36. The second-order valence-corrected chi connectivity index (χ2v) is 20.5. The summed E-state index contributed by atoms with van der Waals surface area (Å²) in [5, 5.41) is 18.7. The lowest BCUT2D eigenvalue weighted by Crippen LogP contribution is -2.54. The van der Waals surface area contributed by atoms with Crippen LogP contribution in [0.15, 0.2) is 81.2 Å². The van der Waals surface area contributed by atoms with Gasteiger partial charge in [0.15, 0.2) is 11.6 Å². The van der Waals surface area contributed by atoms with Gasteiger partial charge in [-0.15, -0.1) is 0 Å². The number of halogens is 2. The number of carbonyl (C=O) groups is 1. The molecular formula is C51H53F2N11O5. The standard InChI is InChI=1S/C51H53F2N11O5/c1-27-19-34(20-28(2)41(27)52)64-44(61-17-16-60(48(61)67)38-12-11-37-35(42(38)53)25-55-59(37)7)40-30(4)62(26-50(43(40)57-64)14-8-15-54-50)45(65)39-22-33-21-31(32-13-18-68-49(5,6)24-32)9-10-36(33)63(39)51(23-29(51)3)46-56-47(66)69-58-46/h9-12,16-17,19-22,25,29-30,32,54H,8,13-15,18,23-24,26H2,1-7H3,(H,56,58,66)/t29-,30-,32-,50?,51-/m0/s1. The van der Waals surface area contributed by atoms with Crippen molar-refractivity contribution in [2.75, 3.05) is 19.7 Å². The molecule has 1 aliphatic carbocycles. The van der Waals surface area contributed by atoms with Crippen LogP contribution in [0.5, 0.6) is 0 Å². The van der Waals surface area contributed by atoms with Crippen LogP contribution in [-0.2, 0) is 22.9 Å². The lowest BCUT2D eigenvalue weighted by Gasteiger charge is -2.43. The molecule has 5 aromatic heterocycles. The molecule has 2 N–H and O–H groups in total. The van der Waals surface area contributed by atoms with Gasteiger partial charge >= 0.3 is 11.4 Å². The third-order valence-electron chi connectivity index (χ3n) is 15.7. The maximum absolute atomic E-state index is 16.3. The van der Waals surface area contributed by atoms with Crippen LogP contribution in [0.4, 0.5) is 8.78 Å². The Kier molecular flexibility index (Phi) is 9.45. The molecule has 3 aromatic carbocycles. The molecule has 4 aliphatic rings. The first-order chi connectivity index (χ1) is 33.0. The summed E-state index contributed by atoms with van der Waals surface area (Å²) in [5.41, 5.74) is 3.04. The predicted molar refractivity (Wildman–Crippen MR) is 252 cm³/mol. The second-order valence-electron chi connectivity index (χ2n) is 20.5. The van der Waals surface area contributed by atoms with Crippen molar-refractivity contribution >= 4 is 27.7 Å². The Bertz CT molecular complexity index is 3540. The van der Waals surface area contributed by atoms with Crippen molar-refractivity contribution in [1.82, 2.24) is 53.6 Å². The van der Waals surface area contributed by atoms with E-state index in [-0.39, 0.29) is 46.8 Å². The van der Waals surface area contributed by atoms with Crippen molar-refractivity contribution in [1.29, 1.82) is 0 Å². The molecule has 2 saturated heterocycles. The number of hydrogen-bond donors (Lipinski definition) is 2. The van der Waals surface area contributed by atoms with Crippen molar-refractivity contribution in [2.24, 2.45) is 13.0 Å². The van der Waals surface area contributed by atoms with Crippen LogP contribution in [0.2, 0.25) is 0 Å². The quantitative estimate of drug-likeness (QED) is 0.165. The van der Waals surface area contributed by atoms with Crippen LogP contribution in [0.1, 0.15) is 116 Å². The fourth-order valence-electron chi connectivity index (χ4n) is 12.1. The molecule has 8 aromatic rings. The third-order valence-corrected chi connectivity index (χ3v) is 15.7. The number of ether oxygens (including phenoxy) is 1. The van der Waals surface area contributed by atoms with Gasteiger partial charge in [0.1, 0.15) is 22.9 Å². The Hall–Kier alpha value is -6.92. The van der Waals surface area contributed by atoms with Gasteiger partial charge in [0.05, 0.1) is 51.4 Å². The number of benzene rings is 3. The molecule has 1 unspecified atom stereocenters. The summed E-state index contributed by atoms with van der Waals surface area (Å²) in [5.74, 6) is -0.959. The van der Waals surface area contributed by atoms with Gasteiger partial charge in [-0.3, -0.25) is 28.1 Å². The molecule has 69 heavy (non-hydrogen) atoms. The number of aryl methyl sites for hydroxylation is 3. The number of aromatic nitrogens is 9. The molecule has 5 atom stereocenters.